The van der Waals surface area contributed by atoms with Gasteiger partial charge in [0.25, 0.3) is 10.1 Å². The average Bonchev–Trinajstić information content (AvgIpc) is 3.06. The Hall–Kier alpha value is -2.40. The van der Waals surface area contributed by atoms with E-state index in [0.29, 0.717) is 43.3 Å². The zero-order valence-corrected chi connectivity index (χ0v) is 28.9. The zero-order chi connectivity index (χ0) is 33.0. The summed E-state index contributed by atoms with van der Waals surface area (Å²) in [6, 6.07) is 20.2. The second kappa shape index (κ2) is 21.5. The second-order valence-electron chi connectivity index (χ2n) is 11.7. The normalized spacial score (nSPS) is 12.3. The first-order valence-electron chi connectivity index (χ1n) is 16.8. The SMILES string of the molecule is CCCCOc1ccc(Sc2ccc(-c3ccccc3C(CO)CCOCCCCCCCCCCCO)cc2S(=O)(=O)O)cc1. The first-order valence-corrected chi connectivity index (χ1v) is 19.0. The van der Waals surface area contributed by atoms with Crippen LogP contribution < -0.4 is 4.74 Å². The van der Waals surface area contributed by atoms with Crippen LogP contribution in [0.4, 0.5) is 0 Å². The van der Waals surface area contributed by atoms with E-state index in [4.69, 9.17) is 14.6 Å². The Balaban J connectivity index is 1.59. The lowest BCUT2D eigenvalue weighted by atomic mass is 9.89. The zero-order valence-electron chi connectivity index (χ0n) is 27.2. The van der Waals surface area contributed by atoms with Crippen molar-refractivity contribution in [3.63, 3.8) is 0 Å². The topological polar surface area (TPSA) is 113 Å². The summed E-state index contributed by atoms with van der Waals surface area (Å²) < 4.78 is 46.8. The Kier molecular flexibility index (Phi) is 17.8. The van der Waals surface area contributed by atoms with E-state index < -0.39 is 10.1 Å². The molecule has 7 nitrogen and oxygen atoms in total. The Bertz CT molecular complexity index is 1380. The molecule has 3 rings (SSSR count). The third kappa shape index (κ3) is 13.4. The van der Waals surface area contributed by atoms with E-state index in [1.54, 1.807) is 6.07 Å². The molecule has 0 radical (unpaired) electrons. The van der Waals surface area contributed by atoms with Gasteiger partial charge < -0.3 is 19.7 Å². The monoisotopic (exact) mass is 672 g/mol. The standard InChI is InChI=1S/C37H52O7S2/c1-2-3-26-44-32-18-20-33(21-19-32)45-36-22-17-30(28-37(36)46(40,41)42)34-15-11-12-16-35(34)31(29-39)23-27-43-25-14-10-8-6-4-5-7-9-13-24-38/h11-12,15-22,28,31,38-39H,2-10,13-14,23-27,29H2,1H3,(H,40,41,42). The molecule has 254 valence electrons. The van der Waals surface area contributed by atoms with E-state index in [1.165, 1.54) is 49.9 Å². The fraction of sp³-hybridized carbons (Fsp3) is 0.514. The minimum Gasteiger partial charge on any atom is -0.494 e. The lowest BCUT2D eigenvalue weighted by Gasteiger charge is -2.19. The van der Waals surface area contributed by atoms with Crippen molar-refractivity contribution >= 4 is 21.9 Å². The molecule has 3 N–H and O–H groups in total. The van der Waals surface area contributed by atoms with Crippen LogP contribution in [0.1, 0.15) is 95.5 Å². The summed E-state index contributed by atoms with van der Waals surface area (Å²) in [4.78, 5) is 1.10. The lowest BCUT2D eigenvalue weighted by molar-refractivity contribution is 0.115. The van der Waals surface area contributed by atoms with Crippen molar-refractivity contribution in [3.8, 4) is 16.9 Å². The van der Waals surface area contributed by atoms with Crippen LogP contribution in [0.15, 0.2) is 81.4 Å². The summed E-state index contributed by atoms with van der Waals surface area (Å²) in [5.41, 5.74) is 2.38. The number of ether oxygens (including phenoxy) is 2. The maximum Gasteiger partial charge on any atom is 0.295 e. The van der Waals surface area contributed by atoms with Gasteiger partial charge in [-0.2, -0.15) is 8.42 Å². The lowest BCUT2D eigenvalue weighted by Crippen LogP contribution is -2.10. The number of aliphatic hydroxyl groups is 2. The van der Waals surface area contributed by atoms with Gasteiger partial charge in [0.2, 0.25) is 0 Å². The van der Waals surface area contributed by atoms with E-state index in [1.807, 2.05) is 54.6 Å². The highest BCUT2D eigenvalue weighted by Gasteiger charge is 2.21. The highest BCUT2D eigenvalue weighted by Crippen LogP contribution is 2.38. The van der Waals surface area contributed by atoms with Crippen LogP contribution in [0.2, 0.25) is 0 Å². The Morgan fingerprint density at radius 1 is 0.761 bits per heavy atom. The largest absolute Gasteiger partial charge is 0.494 e. The highest BCUT2D eigenvalue weighted by atomic mass is 32.2. The first kappa shape index (κ1) is 38.1. The molecule has 0 heterocycles. The van der Waals surface area contributed by atoms with Gasteiger partial charge in [-0.25, -0.2) is 0 Å². The summed E-state index contributed by atoms with van der Waals surface area (Å²) in [7, 11) is -4.50. The van der Waals surface area contributed by atoms with Crippen molar-refractivity contribution in [1.82, 2.24) is 0 Å². The predicted molar refractivity (Wildman–Crippen MR) is 187 cm³/mol. The van der Waals surface area contributed by atoms with Gasteiger partial charge in [-0.05, 0) is 78.8 Å². The molecular weight excluding hydrogens is 621 g/mol. The molecule has 0 aliphatic carbocycles. The van der Waals surface area contributed by atoms with E-state index in [2.05, 4.69) is 6.92 Å². The van der Waals surface area contributed by atoms with Crippen LogP contribution in [0.3, 0.4) is 0 Å². The molecule has 0 fully saturated rings. The summed E-state index contributed by atoms with van der Waals surface area (Å²) in [5, 5.41) is 19.1. The molecule has 0 aliphatic heterocycles. The fourth-order valence-corrected chi connectivity index (χ4v) is 7.23. The van der Waals surface area contributed by atoms with Gasteiger partial charge >= 0.3 is 0 Å². The highest BCUT2D eigenvalue weighted by molar-refractivity contribution is 8.00. The molecule has 9 heteroatoms. The third-order valence-corrected chi connectivity index (χ3v) is 10.1. The molecule has 0 aliphatic rings. The average molecular weight is 673 g/mol. The molecule has 0 saturated carbocycles. The van der Waals surface area contributed by atoms with Crippen LogP contribution >= 0.6 is 11.8 Å². The maximum atomic E-state index is 12.5. The molecule has 1 atom stereocenters. The van der Waals surface area contributed by atoms with Crippen molar-refractivity contribution < 1.29 is 32.7 Å². The molecule has 0 saturated heterocycles. The summed E-state index contributed by atoms with van der Waals surface area (Å²) >= 11 is 1.26. The van der Waals surface area contributed by atoms with E-state index in [-0.39, 0.29) is 17.4 Å². The fourth-order valence-electron chi connectivity index (χ4n) is 5.37. The number of hydrogen-bond donors (Lipinski definition) is 3. The van der Waals surface area contributed by atoms with Crippen molar-refractivity contribution in [2.24, 2.45) is 0 Å². The third-order valence-electron chi connectivity index (χ3n) is 8.03. The van der Waals surface area contributed by atoms with E-state index >= 15 is 0 Å². The summed E-state index contributed by atoms with van der Waals surface area (Å²) in [6.45, 7) is 4.22. The van der Waals surface area contributed by atoms with Gasteiger partial charge in [0.15, 0.2) is 0 Å². The summed E-state index contributed by atoms with van der Waals surface area (Å²) in [6.07, 6.45) is 13.0. The van der Waals surface area contributed by atoms with Gasteiger partial charge in [0, 0.05) is 35.5 Å². The minimum atomic E-state index is -4.50. The van der Waals surface area contributed by atoms with Gasteiger partial charge in [-0.1, -0.05) is 100 Å². The minimum absolute atomic E-state index is 0.0596. The summed E-state index contributed by atoms with van der Waals surface area (Å²) in [5.74, 6) is 0.583. The second-order valence-corrected chi connectivity index (χ2v) is 14.2. The van der Waals surface area contributed by atoms with Crippen LogP contribution in [-0.4, -0.2) is 56.2 Å². The molecule has 0 bridgehead atoms. The maximum absolute atomic E-state index is 12.5. The molecule has 3 aromatic carbocycles. The molecule has 1 unspecified atom stereocenters. The molecule has 0 amide bonds. The van der Waals surface area contributed by atoms with Crippen molar-refractivity contribution in [1.29, 1.82) is 0 Å². The Labute approximate surface area is 280 Å². The Morgan fingerprint density at radius 2 is 1.43 bits per heavy atom. The Morgan fingerprint density at radius 3 is 2.09 bits per heavy atom. The van der Waals surface area contributed by atoms with Gasteiger partial charge in [-0.15, -0.1) is 0 Å². The number of benzene rings is 3. The first-order chi connectivity index (χ1) is 22.4. The van der Waals surface area contributed by atoms with E-state index in [9.17, 15) is 18.1 Å². The molecular formula is C37H52O7S2. The van der Waals surface area contributed by atoms with Crippen LogP contribution in [-0.2, 0) is 14.9 Å². The van der Waals surface area contributed by atoms with Crippen LogP contribution in [0.5, 0.6) is 5.75 Å². The van der Waals surface area contributed by atoms with Gasteiger partial charge in [-0.3, -0.25) is 4.55 Å². The number of rotatable bonds is 24. The van der Waals surface area contributed by atoms with Crippen molar-refractivity contribution in [2.75, 3.05) is 33.0 Å². The molecule has 0 aromatic heterocycles. The predicted octanol–water partition coefficient (Wildman–Crippen LogP) is 8.92. The van der Waals surface area contributed by atoms with Crippen LogP contribution in [0, 0.1) is 0 Å². The smallest absolute Gasteiger partial charge is 0.295 e. The molecule has 3 aromatic rings. The van der Waals surface area contributed by atoms with E-state index in [0.717, 1.165) is 60.3 Å². The number of aliphatic hydroxyl groups excluding tert-OH is 2. The van der Waals surface area contributed by atoms with Crippen molar-refractivity contribution in [3.05, 3.63) is 72.3 Å². The molecule has 46 heavy (non-hydrogen) atoms. The number of unbranched alkanes of at least 4 members (excludes halogenated alkanes) is 9. The van der Waals surface area contributed by atoms with Crippen molar-refractivity contribution in [2.45, 2.75) is 105 Å². The quantitative estimate of drug-likeness (QED) is 0.0639. The molecule has 0 spiro atoms. The van der Waals surface area contributed by atoms with Crippen LogP contribution in [0.25, 0.3) is 11.1 Å². The van der Waals surface area contributed by atoms with Gasteiger partial charge in [0.05, 0.1) is 13.2 Å². The number of hydrogen-bond acceptors (Lipinski definition) is 7. The van der Waals surface area contributed by atoms with Gasteiger partial charge in [0.1, 0.15) is 10.6 Å².